The van der Waals surface area contributed by atoms with Crippen LogP contribution in [0, 0.1) is 19.7 Å². The first-order chi connectivity index (χ1) is 15.8. The molecule has 1 heterocycles. The zero-order valence-corrected chi connectivity index (χ0v) is 20.4. The van der Waals surface area contributed by atoms with Crippen LogP contribution in [0.3, 0.4) is 0 Å². The van der Waals surface area contributed by atoms with Gasteiger partial charge in [-0.3, -0.25) is 14.4 Å². The van der Waals surface area contributed by atoms with E-state index >= 15 is 4.39 Å². The van der Waals surface area contributed by atoms with Gasteiger partial charge < -0.3 is 4.74 Å². The molecule has 2 aromatic carbocycles. The number of alkyl halides is 1. The summed E-state index contributed by atoms with van der Waals surface area (Å²) in [4.78, 5) is 14.4. The molecule has 178 valence electrons. The van der Waals surface area contributed by atoms with Crippen molar-refractivity contribution in [3.63, 3.8) is 0 Å². The van der Waals surface area contributed by atoms with Crippen LogP contribution in [-0.4, -0.2) is 42.4 Å². The molecule has 4 rings (SSSR count). The van der Waals surface area contributed by atoms with E-state index in [2.05, 4.69) is 41.7 Å². The average Bonchev–Trinajstić information content (AvgIpc) is 3.62. The summed E-state index contributed by atoms with van der Waals surface area (Å²) in [6, 6.07) is 9.30. The maximum atomic E-state index is 15.5. The van der Waals surface area contributed by atoms with Crippen LogP contribution in [0.5, 0.6) is 5.75 Å². The second kappa shape index (κ2) is 10.0. The number of benzene rings is 2. The monoisotopic (exact) mass is 474 g/mol. The van der Waals surface area contributed by atoms with Crippen LogP contribution in [0.4, 0.5) is 8.78 Å². The molecule has 2 fully saturated rings. The lowest BCUT2D eigenvalue weighted by Crippen LogP contribution is -2.44. The summed E-state index contributed by atoms with van der Waals surface area (Å²) in [5.41, 5.74) is 3.17. The van der Waals surface area contributed by atoms with Gasteiger partial charge >= 0.3 is 0 Å². The summed E-state index contributed by atoms with van der Waals surface area (Å²) in [6.07, 6.45) is 4.42. The Kier molecular flexibility index (Phi) is 7.29. The zero-order chi connectivity index (χ0) is 23.6. The van der Waals surface area contributed by atoms with Gasteiger partial charge in [-0.2, -0.15) is 0 Å². The number of aryl methyl sites for hydroxylation is 2. The van der Waals surface area contributed by atoms with Crippen molar-refractivity contribution in [2.45, 2.75) is 57.7 Å². The average molecular weight is 475 g/mol. The molecule has 0 spiro atoms. The third kappa shape index (κ3) is 5.87. The number of carbonyl (C=O) groups excluding carboxylic acids is 1. The number of carbonyl (C=O) groups is 1. The Morgan fingerprint density at radius 2 is 1.91 bits per heavy atom. The van der Waals surface area contributed by atoms with Gasteiger partial charge in [0.15, 0.2) is 0 Å². The van der Waals surface area contributed by atoms with E-state index in [0.29, 0.717) is 31.7 Å². The third-order valence-corrected chi connectivity index (χ3v) is 7.16. The molecular formula is C26H32F2N2O2S. The molecule has 1 amide bonds. The first kappa shape index (κ1) is 24.0. The summed E-state index contributed by atoms with van der Waals surface area (Å²) in [6.45, 7) is 6.24. The standard InChI is InChI=1S/C26H32F2N2O2S/c1-17-4-5-19(12-18(17)2)15-30-10-8-26(28,9-11-30)16-32-24-14-23(27)22(25(31)29-33-3)13-21(24)20-6-7-20/h4-5,12-14,20H,6-11,15-16H2,1-3H3,(H,29,31). The van der Waals surface area contributed by atoms with E-state index in [9.17, 15) is 9.18 Å². The molecule has 1 saturated carbocycles. The van der Waals surface area contributed by atoms with E-state index in [1.165, 1.54) is 22.8 Å². The van der Waals surface area contributed by atoms with Crippen LogP contribution in [0.2, 0.25) is 0 Å². The molecule has 4 nitrogen and oxygen atoms in total. The maximum Gasteiger partial charge on any atom is 0.264 e. The summed E-state index contributed by atoms with van der Waals surface area (Å²) in [7, 11) is 0. The zero-order valence-electron chi connectivity index (χ0n) is 19.5. The van der Waals surface area contributed by atoms with Gasteiger partial charge in [0.2, 0.25) is 0 Å². The Morgan fingerprint density at radius 1 is 1.18 bits per heavy atom. The SMILES string of the molecule is CSNC(=O)c1cc(C2CC2)c(OCC2(F)CCN(Cc3ccc(C)c(C)c3)CC2)cc1F. The van der Waals surface area contributed by atoms with Crippen molar-refractivity contribution in [1.29, 1.82) is 0 Å². The van der Waals surface area contributed by atoms with Crippen molar-refractivity contribution in [2.24, 2.45) is 0 Å². The van der Waals surface area contributed by atoms with Gasteiger partial charge in [-0.1, -0.05) is 30.1 Å². The molecular weight excluding hydrogens is 442 g/mol. The normalized spacial score (nSPS) is 18.2. The lowest BCUT2D eigenvalue weighted by molar-refractivity contribution is 0.0148. The molecule has 1 N–H and O–H groups in total. The molecule has 2 aromatic rings. The van der Waals surface area contributed by atoms with Gasteiger partial charge in [0.05, 0.1) is 5.56 Å². The van der Waals surface area contributed by atoms with E-state index in [1.807, 2.05) is 0 Å². The molecule has 0 radical (unpaired) electrons. The smallest absolute Gasteiger partial charge is 0.264 e. The van der Waals surface area contributed by atoms with Crippen LogP contribution in [0.25, 0.3) is 0 Å². The van der Waals surface area contributed by atoms with Crippen molar-refractivity contribution in [1.82, 2.24) is 9.62 Å². The third-order valence-electron chi connectivity index (χ3n) is 6.77. The van der Waals surface area contributed by atoms with Gasteiger partial charge in [0.1, 0.15) is 23.8 Å². The predicted molar refractivity (Wildman–Crippen MR) is 129 cm³/mol. The molecule has 7 heteroatoms. The number of piperidine rings is 1. The Hall–Kier alpha value is -2.12. The number of hydrogen-bond acceptors (Lipinski definition) is 4. The highest BCUT2D eigenvalue weighted by atomic mass is 32.2. The Morgan fingerprint density at radius 3 is 2.55 bits per heavy atom. The summed E-state index contributed by atoms with van der Waals surface area (Å²) in [5, 5.41) is 0. The summed E-state index contributed by atoms with van der Waals surface area (Å²) >= 11 is 1.13. The maximum absolute atomic E-state index is 15.5. The minimum atomic E-state index is -1.44. The van der Waals surface area contributed by atoms with Crippen molar-refractivity contribution >= 4 is 17.9 Å². The molecule has 0 bridgehead atoms. The highest BCUT2D eigenvalue weighted by Crippen LogP contribution is 2.45. The van der Waals surface area contributed by atoms with Gasteiger partial charge in [-0.05, 0) is 73.8 Å². The minimum Gasteiger partial charge on any atom is -0.490 e. The van der Waals surface area contributed by atoms with E-state index in [-0.39, 0.29) is 18.1 Å². The van der Waals surface area contributed by atoms with Crippen molar-refractivity contribution in [3.8, 4) is 5.75 Å². The van der Waals surface area contributed by atoms with Gasteiger partial charge in [0.25, 0.3) is 5.91 Å². The van der Waals surface area contributed by atoms with Gasteiger partial charge in [-0.25, -0.2) is 8.78 Å². The van der Waals surface area contributed by atoms with E-state index in [1.54, 1.807) is 12.3 Å². The largest absolute Gasteiger partial charge is 0.490 e. The fourth-order valence-corrected chi connectivity index (χ4v) is 4.65. The van der Waals surface area contributed by atoms with Crippen LogP contribution < -0.4 is 9.46 Å². The molecule has 0 unspecified atom stereocenters. The highest BCUT2D eigenvalue weighted by molar-refractivity contribution is 7.97. The molecule has 0 atom stereocenters. The number of hydrogen-bond donors (Lipinski definition) is 1. The number of rotatable bonds is 8. The molecule has 1 aliphatic heterocycles. The predicted octanol–water partition coefficient (Wildman–Crippen LogP) is 5.71. The summed E-state index contributed by atoms with van der Waals surface area (Å²) in [5.74, 6) is -0.495. The molecule has 33 heavy (non-hydrogen) atoms. The highest BCUT2D eigenvalue weighted by Gasteiger charge is 2.36. The molecule has 1 aliphatic carbocycles. The fraction of sp³-hybridized carbons (Fsp3) is 0.500. The molecule has 0 aromatic heterocycles. The summed E-state index contributed by atoms with van der Waals surface area (Å²) < 4.78 is 38.6. The fourth-order valence-electron chi connectivity index (χ4n) is 4.36. The first-order valence-corrected chi connectivity index (χ1v) is 12.8. The Balaban J connectivity index is 1.37. The van der Waals surface area contributed by atoms with Gasteiger partial charge in [-0.15, -0.1) is 0 Å². The number of likely N-dealkylation sites (tertiary alicyclic amines) is 1. The van der Waals surface area contributed by atoms with Crippen molar-refractivity contribution < 1.29 is 18.3 Å². The van der Waals surface area contributed by atoms with Crippen LogP contribution in [-0.2, 0) is 6.54 Å². The molecule has 2 aliphatic rings. The number of halogens is 2. The number of ether oxygens (including phenoxy) is 1. The van der Waals surface area contributed by atoms with Crippen LogP contribution in [0.1, 0.15) is 64.2 Å². The van der Waals surface area contributed by atoms with Crippen LogP contribution in [0.15, 0.2) is 30.3 Å². The number of nitrogens with zero attached hydrogens (tertiary/aromatic N) is 1. The Bertz CT molecular complexity index is 1020. The topological polar surface area (TPSA) is 41.6 Å². The lowest BCUT2D eigenvalue weighted by atomic mass is 9.93. The minimum absolute atomic E-state index is 0.00760. The van der Waals surface area contributed by atoms with Crippen molar-refractivity contribution in [3.05, 3.63) is 64.0 Å². The lowest BCUT2D eigenvalue weighted by Gasteiger charge is -2.36. The van der Waals surface area contributed by atoms with Crippen molar-refractivity contribution in [2.75, 3.05) is 26.0 Å². The first-order valence-electron chi connectivity index (χ1n) is 11.5. The number of nitrogens with one attached hydrogen (secondary N) is 1. The number of amides is 1. The van der Waals surface area contributed by atoms with Crippen LogP contribution >= 0.6 is 11.9 Å². The second-order valence-corrected chi connectivity index (χ2v) is 10.0. The quantitative estimate of drug-likeness (QED) is 0.498. The van der Waals surface area contributed by atoms with E-state index < -0.39 is 17.4 Å². The Labute approximate surface area is 199 Å². The van der Waals surface area contributed by atoms with E-state index in [0.717, 1.165) is 36.9 Å². The molecule has 1 saturated heterocycles. The second-order valence-electron chi connectivity index (χ2n) is 9.41. The van der Waals surface area contributed by atoms with Gasteiger partial charge in [0, 0.05) is 32.0 Å². The van der Waals surface area contributed by atoms with E-state index in [4.69, 9.17) is 4.74 Å².